The molecule has 0 fully saturated rings. The van der Waals surface area contributed by atoms with Gasteiger partial charge in [0.2, 0.25) is 0 Å². The Kier molecular flexibility index (Phi) is 5.84. The number of nitrogens with one attached hydrogen (secondary N) is 1. The second kappa shape index (κ2) is 7.67. The second-order valence-corrected chi connectivity index (χ2v) is 7.76. The Hall–Kier alpha value is -2.06. The van der Waals surface area contributed by atoms with Crippen molar-refractivity contribution in [3.05, 3.63) is 53.0 Å². The number of nitrogens with zero attached hydrogens (tertiary/aromatic N) is 1. The van der Waals surface area contributed by atoms with Gasteiger partial charge < -0.3 is 9.64 Å². The number of carbonyl (C=O) groups is 1. The summed E-state index contributed by atoms with van der Waals surface area (Å²) in [6.45, 7) is -0.0733. The molecule has 0 unspecified atom stereocenters. The highest BCUT2D eigenvalue weighted by molar-refractivity contribution is 9.10. The van der Waals surface area contributed by atoms with Crippen molar-refractivity contribution >= 4 is 37.5 Å². The fourth-order valence-corrected chi connectivity index (χ4v) is 3.40. The van der Waals surface area contributed by atoms with Crippen LogP contribution < -0.4 is 9.46 Å². The molecule has 1 N–H and O–H groups in total. The minimum atomic E-state index is -3.67. The quantitative estimate of drug-likeness (QED) is 0.790. The maximum atomic E-state index is 12.3. The normalized spacial score (nSPS) is 11.0. The highest BCUT2D eigenvalue weighted by atomic mass is 79.9. The summed E-state index contributed by atoms with van der Waals surface area (Å²) < 4.78 is 33.1. The Bertz CT molecular complexity index is 820. The van der Waals surface area contributed by atoms with E-state index in [0.717, 1.165) is 0 Å². The van der Waals surface area contributed by atoms with Crippen LogP contribution in [0.2, 0.25) is 0 Å². The zero-order valence-corrected chi connectivity index (χ0v) is 15.6. The Morgan fingerprint density at radius 2 is 1.83 bits per heavy atom. The van der Waals surface area contributed by atoms with Crippen molar-refractivity contribution in [1.29, 1.82) is 0 Å². The highest BCUT2D eigenvalue weighted by Crippen LogP contribution is 2.21. The van der Waals surface area contributed by atoms with Crippen LogP contribution >= 0.6 is 15.9 Å². The average molecular weight is 413 g/mol. The first kappa shape index (κ1) is 18.3. The van der Waals surface area contributed by atoms with Gasteiger partial charge >= 0.3 is 0 Å². The molecule has 0 saturated carbocycles. The molecule has 0 aliphatic heterocycles. The third kappa shape index (κ3) is 4.97. The first-order valence-electron chi connectivity index (χ1n) is 6.99. The van der Waals surface area contributed by atoms with Crippen LogP contribution in [0.1, 0.15) is 0 Å². The van der Waals surface area contributed by atoms with Crippen molar-refractivity contribution in [2.45, 2.75) is 4.90 Å². The van der Waals surface area contributed by atoms with Gasteiger partial charge in [0.1, 0.15) is 5.75 Å². The number of rotatable bonds is 6. The second-order valence-electron chi connectivity index (χ2n) is 5.16. The summed E-state index contributed by atoms with van der Waals surface area (Å²) in [7, 11) is -0.379. The monoisotopic (exact) mass is 412 g/mol. The molecule has 2 aromatic carbocycles. The molecular formula is C16H17BrN2O4S. The zero-order valence-electron chi connectivity index (χ0n) is 13.2. The number of anilines is 1. The Morgan fingerprint density at radius 1 is 1.17 bits per heavy atom. The molecule has 0 heterocycles. The van der Waals surface area contributed by atoms with Crippen molar-refractivity contribution in [2.75, 3.05) is 25.4 Å². The van der Waals surface area contributed by atoms with Crippen LogP contribution in [0.3, 0.4) is 0 Å². The molecule has 0 radical (unpaired) electrons. The smallest absolute Gasteiger partial charge is 0.261 e. The van der Waals surface area contributed by atoms with Crippen LogP contribution in [0, 0.1) is 0 Å². The summed E-state index contributed by atoms with van der Waals surface area (Å²) >= 11 is 3.25. The summed E-state index contributed by atoms with van der Waals surface area (Å²) in [5.41, 5.74) is 0.404. The van der Waals surface area contributed by atoms with E-state index >= 15 is 0 Å². The van der Waals surface area contributed by atoms with Gasteiger partial charge in [-0.2, -0.15) is 0 Å². The number of likely N-dealkylation sites (N-methyl/N-ethyl adjacent to an activating group) is 1. The van der Waals surface area contributed by atoms with E-state index in [4.69, 9.17) is 4.74 Å². The molecule has 0 spiro atoms. The van der Waals surface area contributed by atoms with Gasteiger partial charge in [0, 0.05) is 24.3 Å². The number of benzene rings is 2. The number of hydrogen-bond donors (Lipinski definition) is 1. The van der Waals surface area contributed by atoms with Crippen LogP contribution in [0.15, 0.2) is 57.9 Å². The average Bonchev–Trinajstić information content (AvgIpc) is 2.53. The van der Waals surface area contributed by atoms with Crippen LogP contribution in [0.4, 0.5) is 5.69 Å². The molecule has 0 aliphatic rings. The van der Waals surface area contributed by atoms with Gasteiger partial charge in [-0.05, 0) is 42.5 Å². The van der Waals surface area contributed by atoms with E-state index < -0.39 is 10.0 Å². The largest absolute Gasteiger partial charge is 0.484 e. The maximum Gasteiger partial charge on any atom is 0.261 e. The van der Waals surface area contributed by atoms with Gasteiger partial charge in [0.05, 0.1) is 4.90 Å². The molecule has 8 heteroatoms. The lowest BCUT2D eigenvalue weighted by Crippen LogP contribution is -2.27. The molecule has 2 aromatic rings. The molecule has 128 valence electrons. The van der Waals surface area contributed by atoms with Gasteiger partial charge in [-0.1, -0.05) is 22.0 Å². The van der Waals surface area contributed by atoms with E-state index in [1.807, 2.05) is 0 Å². The van der Waals surface area contributed by atoms with E-state index in [1.54, 1.807) is 50.5 Å². The van der Waals surface area contributed by atoms with Crippen molar-refractivity contribution in [3.8, 4) is 5.75 Å². The summed E-state index contributed by atoms with van der Waals surface area (Å²) in [6.07, 6.45) is 0. The van der Waals surface area contributed by atoms with Crippen molar-refractivity contribution < 1.29 is 17.9 Å². The molecule has 0 atom stereocenters. The summed E-state index contributed by atoms with van der Waals surface area (Å²) in [6, 6.07) is 12.8. The molecule has 0 bridgehead atoms. The van der Waals surface area contributed by atoms with Gasteiger partial charge in [0.25, 0.3) is 15.9 Å². The predicted octanol–water partition coefficient (Wildman–Crippen LogP) is 2.72. The van der Waals surface area contributed by atoms with Gasteiger partial charge in [-0.15, -0.1) is 0 Å². The van der Waals surface area contributed by atoms with Crippen molar-refractivity contribution in [1.82, 2.24) is 4.90 Å². The first-order valence-corrected chi connectivity index (χ1v) is 9.27. The lowest BCUT2D eigenvalue weighted by Gasteiger charge is -2.12. The molecular weight excluding hydrogens is 396 g/mol. The molecule has 0 aromatic heterocycles. The fourth-order valence-electron chi connectivity index (χ4n) is 1.74. The van der Waals surface area contributed by atoms with Crippen LogP contribution in [-0.2, 0) is 14.8 Å². The number of halogens is 1. The molecule has 2 rings (SSSR count). The van der Waals surface area contributed by atoms with E-state index in [0.29, 0.717) is 15.9 Å². The summed E-state index contributed by atoms with van der Waals surface area (Å²) in [5.74, 6) is 0.324. The van der Waals surface area contributed by atoms with Gasteiger partial charge in [0.15, 0.2) is 6.61 Å². The standard InChI is InChI=1S/C16H17BrN2O4S/c1-19(2)16(20)11-23-14-8-6-13(7-9-14)18-24(21,22)15-5-3-4-12(17)10-15/h3-10,18H,11H2,1-2H3. The third-order valence-corrected chi connectivity index (χ3v) is 4.95. The number of hydrogen-bond acceptors (Lipinski definition) is 4. The van der Waals surface area contributed by atoms with E-state index in [1.165, 1.54) is 17.0 Å². The lowest BCUT2D eigenvalue weighted by atomic mass is 10.3. The molecule has 0 saturated heterocycles. The number of carbonyl (C=O) groups excluding carboxylic acids is 1. The fraction of sp³-hybridized carbons (Fsp3) is 0.188. The Labute approximate surface area is 149 Å². The van der Waals surface area contributed by atoms with Gasteiger partial charge in [-0.25, -0.2) is 8.42 Å². The van der Waals surface area contributed by atoms with Gasteiger partial charge in [-0.3, -0.25) is 9.52 Å². The van der Waals surface area contributed by atoms with Crippen LogP contribution in [0.25, 0.3) is 0 Å². The SMILES string of the molecule is CN(C)C(=O)COc1ccc(NS(=O)(=O)c2cccc(Br)c2)cc1. The van der Waals surface area contributed by atoms with E-state index in [-0.39, 0.29) is 17.4 Å². The van der Waals surface area contributed by atoms with Crippen LogP contribution in [-0.4, -0.2) is 39.9 Å². The number of amides is 1. The minimum absolute atomic E-state index is 0.0733. The topological polar surface area (TPSA) is 75.7 Å². The summed E-state index contributed by atoms with van der Waals surface area (Å²) in [5, 5.41) is 0. The maximum absolute atomic E-state index is 12.3. The van der Waals surface area contributed by atoms with E-state index in [9.17, 15) is 13.2 Å². The molecule has 24 heavy (non-hydrogen) atoms. The van der Waals surface area contributed by atoms with Crippen LogP contribution in [0.5, 0.6) is 5.75 Å². The first-order chi connectivity index (χ1) is 11.3. The minimum Gasteiger partial charge on any atom is -0.484 e. The van der Waals surface area contributed by atoms with E-state index in [2.05, 4.69) is 20.7 Å². The molecule has 0 aliphatic carbocycles. The molecule has 6 nitrogen and oxygen atoms in total. The molecule has 1 amide bonds. The lowest BCUT2D eigenvalue weighted by molar-refractivity contribution is -0.130. The zero-order chi connectivity index (χ0) is 17.7. The Morgan fingerprint density at radius 3 is 2.42 bits per heavy atom. The predicted molar refractivity (Wildman–Crippen MR) is 95.6 cm³/mol. The summed E-state index contributed by atoms with van der Waals surface area (Å²) in [4.78, 5) is 13.1. The third-order valence-electron chi connectivity index (χ3n) is 3.07. The van der Waals surface area contributed by atoms with Crippen molar-refractivity contribution in [3.63, 3.8) is 0 Å². The number of ether oxygens (including phenoxy) is 1. The number of sulfonamides is 1. The highest BCUT2D eigenvalue weighted by Gasteiger charge is 2.14. The van der Waals surface area contributed by atoms with Crippen molar-refractivity contribution in [2.24, 2.45) is 0 Å². The Balaban J connectivity index is 2.04.